The van der Waals surface area contributed by atoms with Crippen LogP contribution in [0, 0.1) is 5.92 Å². The molecule has 0 radical (unpaired) electrons. The molecule has 0 heterocycles. The molecule has 1 nitrogen and oxygen atoms in total. The fraction of sp³-hybridized carbons (Fsp3) is 0.556. The molecule has 10 heavy (non-hydrogen) atoms. The van der Waals surface area contributed by atoms with Gasteiger partial charge in [0.15, 0.2) is 0 Å². The second-order valence-corrected chi connectivity index (χ2v) is 2.30. The Morgan fingerprint density at radius 3 is 2.70 bits per heavy atom. The molecule has 0 aromatic carbocycles. The lowest BCUT2D eigenvalue weighted by Gasteiger charge is -2.05. The van der Waals surface area contributed by atoms with Gasteiger partial charge in [0.2, 0.25) is 0 Å². The van der Waals surface area contributed by atoms with Gasteiger partial charge in [0.05, 0.1) is 0 Å². The summed E-state index contributed by atoms with van der Waals surface area (Å²) in [4.78, 5) is 0. The van der Waals surface area contributed by atoms with Crippen LogP contribution in [0.4, 0.5) is 0 Å². The van der Waals surface area contributed by atoms with Crippen LogP contribution >= 0.6 is 0 Å². The van der Waals surface area contributed by atoms with Crippen molar-refractivity contribution in [2.45, 2.75) is 19.8 Å². The number of hydrogen-bond acceptors (Lipinski definition) is 1. The van der Waals surface area contributed by atoms with Gasteiger partial charge in [-0.1, -0.05) is 31.7 Å². The minimum Gasteiger partial charge on any atom is -0.396 e. The van der Waals surface area contributed by atoms with E-state index >= 15 is 0 Å². The van der Waals surface area contributed by atoms with Crippen molar-refractivity contribution in [1.29, 1.82) is 0 Å². The normalized spacial score (nSPS) is 13.8. The molecule has 1 atom stereocenters. The van der Waals surface area contributed by atoms with Crippen molar-refractivity contribution in [2.24, 2.45) is 5.92 Å². The third-order valence-corrected chi connectivity index (χ3v) is 1.54. The van der Waals surface area contributed by atoms with Crippen LogP contribution in [0.2, 0.25) is 0 Å². The summed E-state index contributed by atoms with van der Waals surface area (Å²) in [5.41, 5.74) is 0. The molecule has 0 saturated heterocycles. The van der Waals surface area contributed by atoms with Gasteiger partial charge >= 0.3 is 0 Å². The molecular weight excluding hydrogens is 124 g/mol. The average Bonchev–Trinajstić information content (AvgIpc) is 1.98. The molecule has 58 valence electrons. The Morgan fingerprint density at radius 1 is 1.60 bits per heavy atom. The Morgan fingerprint density at radius 2 is 2.30 bits per heavy atom. The summed E-state index contributed by atoms with van der Waals surface area (Å²) in [6, 6.07) is 0. The molecule has 0 aliphatic rings. The molecule has 0 amide bonds. The Labute approximate surface area is 63.1 Å². The standard InChI is InChI=1S/C9H16O/c1-3-5-6-9(4-2)7-8-10/h3,5-6,9-10H,1,4,7-8H2,2H3/b6-5-. The lowest BCUT2D eigenvalue weighted by molar-refractivity contribution is 0.268. The van der Waals surface area contributed by atoms with Gasteiger partial charge in [0.1, 0.15) is 0 Å². The zero-order valence-electron chi connectivity index (χ0n) is 6.59. The molecule has 1 unspecified atom stereocenters. The zero-order valence-corrected chi connectivity index (χ0v) is 6.59. The maximum absolute atomic E-state index is 8.61. The van der Waals surface area contributed by atoms with Crippen LogP contribution < -0.4 is 0 Å². The first-order valence-corrected chi connectivity index (χ1v) is 3.75. The van der Waals surface area contributed by atoms with Gasteiger partial charge in [0, 0.05) is 6.61 Å². The van der Waals surface area contributed by atoms with Crippen molar-refractivity contribution in [3.8, 4) is 0 Å². The van der Waals surface area contributed by atoms with E-state index in [1.807, 2.05) is 6.08 Å². The predicted octanol–water partition coefficient (Wildman–Crippen LogP) is 2.14. The van der Waals surface area contributed by atoms with Crippen LogP contribution in [0.15, 0.2) is 24.8 Å². The number of aliphatic hydroxyl groups is 1. The molecule has 0 aromatic heterocycles. The van der Waals surface area contributed by atoms with Gasteiger partial charge in [-0.3, -0.25) is 0 Å². The molecule has 0 aliphatic carbocycles. The maximum Gasteiger partial charge on any atom is 0.0436 e. The second-order valence-electron chi connectivity index (χ2n) is 2.30. The van der Waals surface area contributed by atoms with Crippen molar-refractivity contribution >= 4 is 0 Å². The fourth-order valence-corrected chi connectivity index (χ4v) is 0.838. The summed E-state index contributed by atoms with van der Waals surface area (Å²) in [5.74, 6) is 0.517. The highest BCUT2D eigenvalue weighted by atomic mass is 16.3. The van der Waals surface area contributed by atoms with E-state index in [9.17, 15) is 0 Å². The molecule has 0 aliphatic heterocycles. The van der Waals surface area contributed by atoms with Crippen LogP contribution in [-0.4, -0.2) is 11.7 Å². The van der Waals surface area contributed by atoms with Crippen LogP contribution in [0.25, 0.3) is 0 Å². The summed E-state index contributed by atoms with van der Waals surface area (Å²) in [6.45, 7) is 5.97. The number of allylic oxidation sites excluding steroid dienone is 3. The van der Waals surface area contributed by atoms with E-state index in [-0.39, 0.29) is 6.61 Å². The van der Waals surface area contributed by atoms with Crippen molar-refractivity contribution in [3.05, 3.63) is 24.8 Å². The quantitative estimate of drug-likeness (QED) is 0.580. The van der Waals surface area contributed by atoms with E-state index in [1.165, 1.54) is 0 Å². The van der Waals surface area contributed by atoms with Crippen LogP contribution in [-0.2, 0) is 0 Å². The first kappa shape index (κ1) is 9.44. The Bertz CT molecular complexity index is 105. The Balaban J connectivity index is 3.58. The van der Waals surface area contributed by atoms with Gasteiger partial charge in [-0.05, 0) is 18.8 Å². The summed E-state index contributed by atoms with van der Waals surface area (Å²) in [6.07, 6.45) is 7.73. The molecule has 0 rings (SSSR count). The number of rotatable bonds is 5. The van der Waals surface area contributed by atoms with E-state index in [4.69, 9.17) is 5.11 Å². The van der Waals surface area contributed by atoms with Gasteiger partial charge in [-0.25, -0.2) is 0 Å². The lowest BCUT2D eigenvalue weighted by atomic mass is 10.0. The predicted molar refractivity (Wildman–Crippen MR) is 44.8 cm³/mol. The van der Waals surface area contributed by atoms with Gasteiger partial charge in [0.25, 0.3) is 0 Å². The fourth-order valence-electron chi connectivity index (χ4n) is 0.838. The molecule has 0 aromatic rings. The summed E-state index contributed by atoms with van der Waals surface area (Å²) < 4.78 is 0. The summed E-state index contributed by atoms with van der Waals surface area (Å²) >= 11 is 0. The third kappa shape index (κ3) is 4.33. The monoisotopic (exact) mass is 140 g/mol. The number of hydrogen-bond donors (Lipinski definition) is 1. The van der Waals surface area contributed by atoms with E-state index < -0.39 is 0 Å². The van der Waals surface area contributed by atoms with Gasteiger partial charge < -0.3 is 5.11 Å². The average molecular weight is 140 g/mol. The van der Waals surface area contributed by atoms with Crippen molar-refractivity contribution < 1.29 is 5.11 Å². The lowest BCUT2D eigenvalue weighted by Crippen LogP contribution is -1.96. The number of aliphatic hydroxyl groups excluding tert-OH is 1. The van der Waals surface area contributed by atoms with Crippen LogP contribution in [0.5, 0.6) is 0 Å². The topological polar surface area (TPSA) is 20.2 Å². The molecule has 0 fully saturated rings. The first-order chi connectivity index (χ1) is 4.85. The minimum atomic E-state index is 0.278. The molecule has 1 heteroatoms. The van der Waals surface area contributed by atoms with Crippen molar-refractivity contribution in [2.75, 3.05) is 6.61 Å². The molecule has 0 bridgehead atoms. The minimum absolute atomic E-state index is 0.278. The zero-order chi connectivity index (χ0) is 7.82. The molecule has 0 spiro atoms. The van der Waals surface area contributed by atoms with E-state index in [1.54, 1.807) is 6.08 Å². The van der Waals surface area contributed by atoms with Gasteiger partial charge in [-0.2, -0.15) is 0 Å². The molecule has 0 saturated carbocycles. The van der Waals surface area contributed by atoms with Crippen molar-refractivity contribution in [1.82, 2.24) is 0 Å². The Hall–Kier alpha value is -0.560. The van der Waals surface area contributed by atoms with E-state index in [0.29, 0.717) is 5.92 Å². The third-order valence-electron chi connectivity index (χ3n) is 1.54. The van der Waals surface area contributed by atoms with Gasteiger partial charge in [-0.15, -0.1) is 0 Å². The highest BCUT2D eigenvalue weighted by Gasteiger charge is 1.97. The summed E-state index contributed by atoms with van der Waals surface area (Å²) in [5, 5.41) is 8.61. The Kier molecular flexibility index (Phi) is 6.19. The smallest absolute Gasteiger partial charge is 0.0436 e. The van der Waals surface area contributed by atoms with E-state index in [2.05, 4.69) is 19.6 Å². The largest absolute Gasteiger partial charge is 0.396 e. The molecular formula is C9H16O. The highest BCUT2D eigenvalue weighted by molar-refractivity contribution is 4.99. The SMILES string of the molecule is C=C/C=C\C(CC)CCO. The van der Waals surface area contributed by atoms with Crippen LogP contribution in [0.1, 0.15) is 19.8 Å². The first-order valence-electron chi connectivity index (χ1n) is 3.75. The van der Waals surface area contributed by atoms with Crippen molar-refractivity contribution in [3.63, 3.8) is 0 Å². The maximum atomic E-state index is 8.61. The summed E-state index contributed by atoms with van der Waals surface area (Å²) in [7, 11) is 0. The van der Waals surface area contributed by atoms with Crippen LogP contribution in [0.3, 0.4) is 0 Å². The highest BCUT2D eigenvalue weighted by Crippen LogP contribution is 2.08. The van der Waals surface area contributed by atoms with E-state index in [0.717, 1.165) is 12.8 Å². The molecule has 1 N–H and O–H groups in total. The second kappa shape index (κ2) is 6.56.